The molecule has 1 fully saturated rings. The fraction of sp³-hybridized carbons (Fsp3) is 0.294. The summed E-state index contributed by atoms with van der Waals surface area (Å²) in [6.45, 7) is 3.36. The van der Waals surface area contributed by atoms with E-state index in [-0.39, 0.29) is 17.9 Å². The summed E-state index contributed by atoms with van der Waals surface area (Å²) < 4.78 is 0. The third-order valence-corrected chi connectivity index (χ3v) is 5.06. The molecule has 0 N–H and O–H groups in total. The van der Waals surface area contributed by atoms with E-state index in [1.165, 1.54) is 5.56 Å². The van der Waals surface area contributed by atoms with Gasteiger partial charge < -0.3 is 9.74 Å². The molecular formula is C17H16N2O2S. The Morgan fingerprint density at radius 3 is 2.95 bits per heavy atom. The first-order valence-electron chi connectivity index (χ1n) is 7.35. The van der Waals surface area contributed by atoms with E-state index in [2.05, 4.69) is 24.2 Å². The second kappa shape index (κ2) is 5.25. The molecule has 1 aromatic carbocycles. The van der Waals surface area contributed by atoms with Crippen LogP contribution in [-0.4, -0.2) is 35.7 Å². The predicted octanol–water partition coefficient (Wildman–Crippen LogP) is 2.93. The molecule has 112 valence electrons. The molecule has 4 nitrogen and oxygen atoms in total. The van der Waals surface area contributed by atoms with Crippen molar-refractivity contribution in [2.24, 2.45) is 11.1 Å². The van der Waals surface area contributed by atoms with E-state index in [9.17, 15) is 4.79 Å². The molecule has 1 amide bonds. The first-order valence-corrected chi connectivity index (χ1v) is 8.29. The van der Waals surface area contributed by atoms with Crippen molar-refractivity contribution in [2.45, 2.75) is 13.0 Å². The smallest absolute Gasteiger partial charge is 0.254 e. The summed E-state index contributed by atoms with van der Waals surface area (Å²) in [6.07, 6.45) is -0.0165. The summed E-state index contributed by atoms with van der Waals surface area (Å²) >= 11 is 1.54. The Hall–Kier alpha value is -2.14. The summed E-state index contributed by atoms with van der Waals surface area (Å²) in [4.78, 5) is 20.0. The number of benzene rings is 1. The number of carbonyl (C=O) groups excluding carboxylic acids is 1. The molecule has 2 aliphatic rings. The molecule has 5 heteroatoms. The summed E-state index contributed by atoms with van der Waals surface area (Å²) in [7, 11) is 0. The van der Waals surface area contributed by atoms with Gasteiger partial charge in [-0.05, 0) is 23.9 Å². The molecule has 0 saturated carbocycles. The number of aryl methyl sites for hydroxylation is 1. The zero-order chi connectivity index (χ0) is 15.1. The van der Waals surface area contributed by atoms with Gasteiger partial charge in [0, 0.05) is 17.5 Å². The number of rotatable bonds is 2. The third kappa shape index (κ3) is 2.13. The normalized spacial score (nSPS) is 23.1. The second-order valence-corrected chi connectivity index (χ2v) is 6.54. The van der Waals surface area contributed by atoms with Crippen LogP contribution in [0.2, 0.25) is 0 Å². The lowest BCUT2D eigenvalue weighted by Crippen LogP contribution is -2.30. The number of carbonyl (C=O) groups is 1. The van der Waals surface area contributed by atoms with E-state index < -0.39 is 0 Å². The van der Waals surface area contributed by atoms with E-state index >= 15 is 0 Å². The van der Waals surface area contributed by atoms with Gasteiger partial charge in [0.2, 0.25) is 0 Å². The average molecular weight is 312 g/mol. The lowest BCUT2D eigenvalue weighted by Gasteiger charge is -2.16. The van der Waals surface area contributed by atoms with Gasteiger partial charge in [-0.25, -0.2) is 0 Å². The van der Waals surface area contributed by atoms with Gasteiger partial charge in [-0.1, -0.05) is 29.4 Å². The maximum Gasteiger partial charge on any atom is 0.254 e. The zero-order valence-corrected chi connectivity index (χ0v) is 13.0. The molecule has 0 aliphatic carbocycles. The Balaban J connectivity index is 1.57. The highest BCUT2D eigenvalue weighted by atomic mass is 32.1. The molecule has 2 unspecified atom stereocenters. The van der Waals surface area contributed by atoms with E-state index in [0.29, 0.717) is 13.1 Å². The Morgan fingerprint density at radius 1 is 1.32 bits per heavy atom. The maximum atomic E-state index is 12.5. The molecule has 0 spiro atoms. The van der Waals surface area contributed by atoms with Crippen molar-refractivity contribution in [1.82, 2.24) is 4.90 Å². The summed E-state index contributed by atoms with van der Waals surface area (Å²) in [5, 5.41) is 8.12. The van der Waals surface area contributed by atoms with Crippen LogP contribution in [0.3, 0.4) is 0 Å². The van der Waals surface area contributed by atoms with Gasteiger partial charge in [0.05, 0.1) is 23.7 Å². The molecule has 1 saturated heterocycles. The zero-order valence-electron chi connectivity index (χ0n) is 12.2. The first-order chi connectivity index (χ1) is 10.7. The van der Waals surface area contributed by atoms with Crippen LogP contribution in [0.1, 0.15) is 21.5 Å². The van der Waals surface area contributed by atoms with Crippen LogP contribution < -0.4 is 0 Å². The number of thiophene rings is 1. The van der Waals surface area contributed by atoms with E-state index in [1.807, 2.05) is 33.9 Å². The summed E-state index contributed by atoms with van der Waals surface area (Å²) in [5.41, 5.74) is 4.05. The van der Waals surface area contributed by atoms with Crippen molar-refractivity contribution >= 4 is 23.0 Å². The molecule has 22 heavy (non-hydrogen) atoms. The summed E-state index contributed by atoms with van der Waals surface area (Å²) in [5.74, 6) is 0.257. The van der Waals surface area contributed by atoms with Gasteiger partial charge in [0.15, 0.2) is 6.10 Å². The largest absolute Gasteiger partial charge is 0.390 e. The van der Waals surface area contributed by atoms with Crippen LogP contribution >= 0.6 is 11.3 Å². The van der Waals surface area contributed by atoms with Crippen LogP contribution in [0, 0.1) is 12.8 Å². The molecule has 0 bridgehead atoms. The van der Waals surface area contributed by atoms with E-state index in [1.54, 1.807) is 11.3 Å². The minimum Gasteiger partial charge on any atom is -0.390 e. The van der Waals surface area contributed by atoms with Crippen molar-refractivity contribution in [3.05, 3.63) is 57.8 Å². The molecule has 2 atom stereocenters. The Kier molecular flexibility index (Phi) is 3.22. The lowest BCUT2D eigenvalue weighted by atomic mass is 9.92. The van der Waals surface area contributed by atoms with E-state index in [4.69, 9.17) is 4.84 Å². The number of nitrogens with zero attached hydrogens (tertiary/aromatic N) is 2. The monoisotopic (exact) mass is 312 g/mol. The average Bonchev–Trinajstić information content (AvgIpc) is 3.24. The molecular weight excluding hydrogens is 296 g/mol. The van der Waals surface area contributed by atoms with Gasteiger partial charge in [0.25, 0.3) is 5.91 Å². The number of hydrogen-bond donors (Lipinski definition) is 0. The molecule has 2 aromatic rings. The summed E-state index contributed by atoms with van der Waals surface area (Å²) in [6, 6.07) is 10.1. The van der Waals surface area contributed by atoms with Gasteiger partial charge in [0.1, 0.15) is 0 Å². The van der Waals surface area contributed by atoms with Gasteiger partial charge in [-0.3, -0.25) is 4.79 Å². The van der Waals surface area contributed by atoms with Crippen LogP contribution in [0.5, 0.6) is 0 Å². The fourth-order valence-corrected chi connectivity index (χ4v) is 3.81. The van der Waals surface area contributed by atoms with Gasteiger partial charge in [-0.15, -0.1) is 0 Å². The van der Waals surface area contributed by atoms with Crippen molar-refractivity contribution < 1.29 is 9.63 Å². The number of oxime groups is 1. The molecule has 2 aliphatic heterocycles. The van der Waals surface area contributed by atoms with Gasteiger partial charge >= 0.3 is 0 Å². The van der Waals surface area contributed by atoms with Crippen molar-refractivity contribution in [3.8, 4) is 0 Å². The van der Waals surface area contributed by atoms with Crippen molar-refractivity contribution in [3.63, 3.8) is 0 Å². The molecule has 4 rings (SSSR count). The maximum absolute atomic E-state index is 12.5. The van der Waals surface area contributed by atoms with Crippen molar-refractivity contribution in [1.29, 1.82) is 0 Å². The Morgan fingerprint density at radius 2 is 2.18 bits per heavy atom. The standard InChI is InChI=1S/C17H16N2O2S/c1-11-4-2-3-5-13(11)16-14-8-19(9-15(14)21-18-16)17(20)12-6-7-22-10-12/h2-7,10,14-15H,8-9H2,1H3. The van der Waals surface area contributed by atoms with Crippen LogP contribution in [0.4, 0.5) is 0 Å². The predicted molar refractivity (Wildman–Crippen MR) is 86.3 cm³/mol. The number of fused-ring (bicyclic) bond motifs is 1. The Bertz CT molecular complexity index is 739. The number of likely N-dealkylation sites (tertiary alicyclic amines) is 1. The number of amides is 1. The highest BCUT2D eigenvalue weighted by Gasteiger charge is 2.44. The molecule has 3 heterocycles. The van der Waals surface area contributed by atoms with Crippen LogP contribution in [-0.2, 0) is 4.84 Å². The molecule has 1 aromatic heterocycles. The highest BCUT2D eigenvalue weighted by molar-refractivity contribution is 7.08. The van der Waals surface area contributed by atoms with Crippen LogP contribution in [0.25, 0.3) is 0 Å². The minimum absolute atomic E-state index is 0.0165. The van der Waals surface area contributed by atoms with Gasteiger partial charge in [-0.2, -0.15) is 11.3 Å². The fourth-order valence-electron chi connectivity index (χ4n) is 3.18. The lowest BCUT2D eigenvalue weighted by molar-refractivity contribution is 0.0632. The molecule has 0 radical (unpaired) electrons. The Labute approximate surface area is 133 Å². The van der Waals surface area contributed by atoms with Crippen LogP contribution in [0.15, 0.2) is 46.2 Å². The quantitative estimate of drug-likeness (QED) is 0.855. The second-order valence-electron chi connectivity index (χ2n) is 5.76. The SMILES string of the molecule is Cc1ccccc1C1=NOC2CN(C(=O)c3ccsc3)CC12. The van der Waals surface area contributed by atoms with E-state index in [0.717, 1.165) is 16.8 Å². The third-order valence-electron chi connectivity index (χ3n) is 4.38. The minimum atomic E-state index is -0.0165. The topological polar surface area (TPSA) is 41.9 Å². The number of hydrogen-bond acceptors (Lipinski definition) is 4. The first kappa shape index (κ1) is 13.5. The highest BCUT2D eigenvalue weighted by Crippen LogP contribution is 2.31. The van der Waals surface area contributed by atoms with Crippen molar-refractivity contribution in [2.75, 3.05) is 13.1 Å².